The fourth-order valence-electron chi connectivity index (χ4n) is 4.74. The highest BCUT2D eigenvalue weighted by molar-refractivity contribution is 7.07. The first kappa shape index (κ1) is 19.8. The third-order valence-electron chi connectivity index (χ3n) is 6.54. The molecule has 2 amide bonds. The van der Waals surface area contributed by atoms with Crippen LogP contribution in [0.3, 0.4) is 0 Å². The van der Waals surface area contributed by atoms with Gasteiger partial charge in [-0.05, 0) is 39.3 Å². The molecule has 0 N–H and O–H groups in total. The molecule has 4 heterocycles. The van der Waals surface area contributed by atoms with Gasteiger partial charge in [0.1, 0.15) is 5.69 Å². The van der Waals surface area contributed by atoms with Crippen molar-refractivity contribution >= 4 is 23.2 Å². The van der Waals surface area contributed by atoms with E-state index in [9.17, 15) is 9.59 Å². The zero-order valence-electron chi connectivity index (χ0n) is 16.8. The molecule has 0 aliphatic carbocycles. The van der Waals surface area contributed by atoms with Gasteiger partial charge in [-0.3, -0.25) is 14.5 Å². The van der Waals surface area contributed by atoms with E-state index in [1.807, 2.05) is 10.3 Å². The number of hydrogen-bond acceptors (Lipinski definition) is 6. The lowest BCUT2D eigenvalue weighted by molar-refractivity contribution is -0.139. The zero-order chi connectivity index (χ0) is 19.5. The van der Waals surface area contributed by atoms with Crippen LogP contribution in [-0.4, -0.2) is 102 Å². The van der Waals surface area contributed by atoms with E-state index in [2.05, 4.69) is 26.7 Å². The summed E-state index contributed by atoms with van der Waals surface area (Å²) >= 11 is 1.46. The molecule has 1 atom stereocenters. The maximum Gasteiger partial charge on any atom is 0.273 e. The number of rotatable bonds is 3. The molecule has 7 nitrogen and oxygen atoms in total. The Morgan fingerprint density at radius 1 is 1.00 bits per heavy atom. The Labute approximate surface area is 171 Å². The molecule has 4 rings (SSSR count). The Bertz CT molecular complexity index is 666. The third-order valence-corrected chi connectivity index (χ3v) is 7.12. The van der Waals surface area contributed by atoms with Gasteiger partial charge in [0.2, 0.25) is 5.91 Å². The second-order valence-electron chi connectivity index (χ2n) is 8.36. The summed E-state index contributed by atoms with van der Waals surface area (Å²) in [4.78, 5) is 38.4. The number of thiazole rings is 1. The van der Waals surface area contributed by atoms with E-state index in [4.69, 9.17) is 0 Å². The number of piperidine rings is 2. The van der Waals surface area contributed by atoms with Gasteiger partial charge in [0, 0.05) is 57.2 Å². The van der Waals surface area contributed by atoms with Crippen molar-refractivity contribution < 1.29 is 9.59 Å². The van der Waals surface area contributed by atoms with Crippen molar-refractivity contribution in [2.45, 2.75) is 31.7 Å². The average Bonchev–Trinajstić information content (AvgIpc) is 3.28. The fourth-order valence-corrected chi connectivity index (χ4v) is 5.26. The molecule has 154 valence electrons. The third kappa shape index (κ3) is 4.39. The molecule has 3 aliphatic heterocycles. The number of likely N-dealkylation sites (N-methyl/N-ethyl adjacent to an activating group) is 1. The summed E-state index contributed by atoms with van der Waals surface area (Å²) in [5.41, 5.74) is 2.28. The Kier molecular flexibility index (Phi) is 6.28. The summed E-state index contributed by atoms with van der Waals surface area (Å²) in [6.45, 7) is 7.23. The molecular formula is C20H31N5O2S. The van der Waals surface area contributed by atoms with E-state index in [0.717, 1.165) is 78.0 Å². The Hall–Kier alpha value is -1.51. The summed E-state index contributed by atoms with van der Waals surface area (Å²) in [5.74, 6) is 0.558. The highest BCUT2D eigenvalue weighted by Gasteiger charge is 2.35. The number of nitrogens with zero attached hydrogens (tertiary/aromatic N) is 5. The second-order valence-corrected chi connectivity index (χ2v) is 9.08. The molecule has 0 aromatic carbocycles. The average molecular weight is 406 g/mol. The first-order chi connectivity index (χ1) is 13.6. The molecular weight excluding hydrogens is 374 g/mol. The van der Waals surface area contributed by atoms with E-state index in [1.54, 1.807) is 5.51 Å². The number of amides is 2. The quantitative estimate of drug-likeness (QED) is 0.757. The first-order valence-corrected chi connectivity index (χ1v) is 11.4. The van der Waals surface area contributed by atoms with E-state index in [0.29, 0.717) is 17.6 Å². The summed E-state index contributed by atoms with van der Waals surface area (Å²) < 4.78 is 0. The molecule has 8 heteroatoms. The molecule has 3 saturated heterocycles. The van der Waals surface area contributed by atoms with Crippen LogP contribution < -0.4 is 0 Å². The zero-order valence-corrected chi connectivity index (χ0v) is 17.6. The Balaban J connectivity index is 1.28. The van der Waals surface area contributed by atoms with Crippen molar-refractivity contribution in [2.24, 2.45) is 5.92 Å². The minimum atomic E-state index is 0.0569. The maximum atomic E-state index is 13.0. The number of hydrogen-bond donors (Lipinski definition) is 0. The molecule has 0 bridgehead atoms. The number of likely N-dealkylation sites (tertiary alicyclic amines) is 2. The van der Waals surface area contributed by atoms with Crippen molar-refractivity contribution in [3.05, 3.63) is 16.6 Å². The SMILES string of the molecule is CN1CCN(C(=O)[C@@H]2CCCN(C3CCN(C(=O)c4cscn4)CC3)C2)CC1. The van der Waals surface area contributed by atoms with Gasteiger partial charge >= 0.3 is 0 Å². The van der Waals surface area contributed by atoms with Crippen molar-refractivity contribution in [2.75, 3.05) is 59.4 Å². The topological polar surface area (TPSA) is 60.0 Å². The van der Waals surface area contributed by atoms with Crippen molar-refractivity contribution in [3.63, 3.8) is 0 Å². The Morgan fingerprint density at radius 3 is 2.43 bits per heavy atom. The minimum absolute atomic E-state index is 0.0569. The van der Waals surface area contributed by atoms with Crippen LogP contribution in [0.5, 0.6) is 0 Å². The van der Waals surface area contributed by atoms with Gasteiger partial charge in [-0.1, -0.05) is 0 Å². The van der Waals surface area contributed by atoms with E-state index < -0.39 is 0 Å². The van der Waals surface area contributed by atoms with E-state index >= 15 is 0 Å². The van der Waals surface area contributed by atoms with Crippen molar-refractivity contribution in [1.29, 1.82) is 0 Å². The van der Waals surface area contributed by atoms with Crippen LogP contribution in [0.25, 0.3) is 0 Å². The van der Waals surface area contributed by atoms with Crippen LogP contribution in [0.1, 0.15) is 36.2 Å². The van der Waals surface area contributed by atoms with Crippen LogP contribution in [-0.2, 0) is 4.79 Å². The lowest BCUT2D eigenvalue weighted by atomic mass is 9.92. The molecule has 0 spiro atoms. The predicted molar refractivity (Wildman–Crippen MR) is 109 cm³/mol. The second kappa shape index (κ2) is 8.88. The van der Waals surface area contributed by atoms with Crippen LogP contribution >= 0.6 is 11.3 Å². The Morgan fingerprint density at radius 2 is 1.75 bits per heavy atom. The maximum absolute atomic E-state index is 13.0. The number of piperazine rings is 1. The van der Waals surface area contributed by atoms with Gasteiger partial charge in [-0.15, -0.1) is 11.3 Å². The van der Waals surface area contributed by atoms with Gasteiger partial charge in [0.25, 0.3) is 5.91 Å². The standard InChI is InChI=1S/C20H31N5O2S/c1-22-9-11-24(12-10-22)19(26)16-3-2-6-25(13-16)17-4-7-23(8-5-17)20(27)18-14-28-15-21-18/h14-17H,2-13H2,1H3/t16-/m1/s1. The summed E-state index contributed by atoms with van der Waals surface area (Å²) in [6, 6.07) is 0.488. The summed E-state index contributed by atoms with van der Waals surface area (Å²) in [7, 11) is 2.12. The fraction of sp³-hybridized carbons (Fsp3) is 0.750. The van der Waals surface area contributed by atoms with Crippen LogP contribution in [0.15, 0.2) is 10.9 Å². The summed E-state index contributed by atoms with van der Waals surface area (Å²) in [5, 5.41) is 1.83. The monoisotopic (exact) mass is 405 g/mol. The largest absolute Gasteiger partial charge is 0.340 e. The molecule has 1 aromatic rings. The van der Waals surface area contributed by atoms with Gasteiger partial charge in [0.15, 0.2) is 0 Å². The molecule has 28 heavy (non-hydrogen) atoms. The number of carbonyl (C=O) groups excluding carboxylic acids is 2. The molecule has 0 saturated carbocycles. The number of aromatic nitrogens is 1. The van der Waals surface area contributed by atoms with E-state index in [-0.39, 0.29) is 11.8 Å². The highest BCUT2D eigenvalue weighted by atomic mass is 32.1. The van der Waals surface area contributed by atoms with Crippen LogP contribution in [0.4, 0.5) is 0 Å². The summed E-state index contributed by atoms with van der Waals surface area (Å²) in [6.07, 6.45) is 4.10. The lowest BCUT2D eigenvalue weighted by Crippen LogP contribution is -2.54. The molecule has 3 aliphatic rings. The predicted octanol–water partition coefficient (Wildman–Crippen LogP) is 1.23. The van der Waals surface area contributed by atoms with Gasteiger partial charge in [0.05, 0.1) is 11.4 Å². The normalized spacial score (nSPS) is 25.8. The van der Waals surface area contributed by atoms with Crippen molar-refractivity contribution in [3.8, 4) is 0 Å². The molecule has 0 unspecified atom stereocenters. The van der Waals surface area contributed by atoms with E-state index in [1.165, 1.54) is 11.3 Å². The van der Waals surface area contributed by atoms with Crippen LogP contribution in [0.2, 0.25) is 0 Å². The van der Waals surface area contributed by atoms with Gasteiger partial charge in [-0.2, -0.15) is 0 Å². The minimum Gasteiger partial charge on any atom is -0.340 e. The molecule has 0 radical (unpaired) electrons. The smallest absolute Gasteiger partial charge is 0.273 e. The van der Waals surface area contributed by atoms with Crippen molar-refractivity contribution in [1.82, 2.24) is 24.6 Å². The molecule has 3 fully saturated rings. The first-order valence-electron chi connectivity index (χ1n) is 10.5. The van der Waals surface area contributed by atoms with Crippen LogP contribution in [0, 0.1) is 5.92 Å². The van der Waals surface area contributed by atoms with Gasteiger partial charge < -0.3 is 14.7 Å². The van der Waals surface area contributed by atoms with Gasteiger partial charge in [-0.25, -0.2) is 4.98 Å². The lowest BCUT2D eigenvalue weighted by Gasteiger charge is -2.43. The number of carbonyl (C=O) groups is 2. The molecule has 1 aromatic heterocycles. The highest BCUT2D eigenvalue weighted by Crippen LogP contribution is 2.26.